The summed E-state index contributed by atoms with van der Waals surface area (Å²) in [4.78, 5) is 23.3. The third kappa shape index (κ3) is 5.30. The third-order valence-corrected chi connectivity index (χ3v) is 12.6. The smallest absolute Gasteiger partial charge is 0.303 e. The number of esters is 2. The van der Waals surface area contributed by atoms with E-state index >= 15 is 0 Å². The molecule has 0 saturated heterocycles. The highest BCUT2D eigenvalue weighted by molar-refractivity contribution is 5.67. The first kappa shape index (κ1) is 30.8. The van der Waals surface area contributed by atoms with Crippen molar-refractivity contribution < 1.29 is 34.4 Å². The maximum absolute atomic E-state index is 11.8. The zero-order valence-electron chi connectivity index (χ0n) is 25.4. The first-order valence-electron chi connectivity index (χ1n) is 15.5. The average molecular weight is 551 g/mol. The number of rotatable bonds is 8. The van der Waals surface area contributed by atoms with E-state index in [2.05, 4.69) is 27.7 Å². The van der Waals surface area contributed by atoms with Crippen molar-refractivity contribution in [2.24, 2.45) is 46.3 Å². The van der Waals surface area contributed by atoms with Crippen LogP contribution >= 0.6 is 0 Å². The summed E-state index contributed by atoms with van der Waals surface area (Å²) in [6, 6.07) is 0. The summed E-state index contributed by atoms with van der Waals surface area (Å²) in [7, 11) is 0. The SMILES string of the molecule is CC(=O)OCC(C)(OC(C)=O)C(C)CCC(C)C1CCC2C3CC(O)C4(O)CC(O)CCC4(C)C3CCC12C. The molecule has 4 fully saturated rings. The topological polar surface area (TPSA) is 113 Å². The Hall–Kier alpha value is -1.18. The Morgan fingerprint density at radius 1 is 0.974 bits per heavy atom. The molecule has 7 heteroatoms. The van der Waals surface area contributed by atoms with Gasteiger partial charge in [-0.05, 0) is 99.2 Å². The molecule has 39 heavy (non-hydrogen) atoms. The van der Waals surface area contributed by atoms with Crippen molar-refractivity contribution in [1.82, 2.24) is 0 Å². The number of ether oxygens (including phenoxy) is 2. The minimum absolute atomic E-state index is 0.0386. The van der Waals surface area contributed by atoms with Crippen molar-refractivity contribution in [3.8, 4) is 0 Å². The van der Waals surface area contributed by atoms with E-state index in [1.165, 1.54) is 26.7 Å². The van der Waals surface area contributed by atoms with Crippen LogP contribution in [0.15, 0.2) is 0 Å². The quantitative estimate of drug-likeness (QED) is 0.363. The van der Waals surface area contributed by atoms with E-state index < -0.39 is 23.4 Å². The van der Waals surface area contributed by atoms with Crippen LogP contribution in [0, 0.1) is 46.3 Å². The lowest BCUT2D eigenvalue weighted by Gasteiger charge is -2.65. The average Bonchev–Trinajstić information content (AvgIpc) is 3.20. The normalized spacial score (nSPS) is 44.7. The Morgan fingerprint density at radius 2 is 1.67 bits per heavy atom. The van der Waals surface area contributed by atoms with Gasteiger partial charge in [0.15, 0.2) is 0 Å². The summed E-state index contributed by atoms with van der Waals surface area (Å²) in [6.45, 7) is 13.8. The third-order valence-electron chi connectivity index (χ3n) is 12.6. The van der Waals surface area contributed by atoms with Gasteiger partial charge in [0.05, 0.1) is 17.8 Å². The Morgan fingerprint density at radius 3 is 2.31 bits per heavy atom. The molecule has 0 aliphatic heterocycles. The molecule has 4 saturated carbocycles. The minimum Gasteiger partial charge on any atom is -0.462 e. The number of hydrogen-bond acceptors (Lipinski definition) is 7. The first-order valence-corrected chi connectivity index (χ1v) is 15.5. The van der Waals surface area contributed by atoms with Crippen LogP contribution in [0.25, 0.3) is 0 Å². The zero-order valence-corrected chi connectivity index (χ0v) is 25.4. The summed E-state index contributed by atoms with van der Waals surface area (Å²) >= 11 is 0. The molecule has 0 radical (unpaired) electrons. The van der Waals surface area contributed by atoms with Gasteiger partial charge in [-0.25, -0.2) is 0 Å². The van der Waals surface area contributed by atoms with Gasteiger partial charge in [0.25, 0.3) is 0 Å². The van der Waals surface area contributed by atoms with Crippen LogP contribution in [0.1, 0.15) is 113 Å². The number of aliphatic hydroxyl groups is 3. The molecule has 0 amide bonds. The van der Waals surface area contributed by atoms with Gasteiger partial charge < -0.3 is 24.8 Å². The molecule has 0 aromatic rings. The highest BCUT2D eigenvalue weighted by atomic mass is 16.6. The first-order chi connectivity index (χ1) is 18.1. The maximum Gasteiger partial charge on any atom is 0.303 e. The predicted molar refractivity (Wildman–Crippen MR) is 148 cm³/mol. The molecule has 7 nitrogen and oxygen atoms in total. The Balaban J connectivity index is 1.45. The molecule has 4 aliphatic rings. The van der Waals surface area contributed by atoms with Crippen LogP contribution in [-0.2, 0) is 19.1 Å². The summed E-state index contributed by atoms with van der Waals surface area (Å²) in [5.41, 5.74) is -2.18. The van der Waals surface area contributed by atoms with Crippen molar-refractivity contribution in [3.05, 3.63) is 0 Å². The molecular formula is C32H54O7. The fraction of sp³-hybridized carbons (Fsp3) is 0.938. The van der Waals surface area contributed by atoms with Crippen molar-refractivity contribution in [1.29, 1.82) is 0 Å². The van der Waals surface area contributed by atoms with E-state index in [1.54, 1.807) is 0 Å². The number of carbonyl (C=O) groups excluding carboxylic acids is 2. The van der Waals surface area contributed by atoms with E-state index in [1.807, 2.05) is 6.92 Å². The van der Waals surface area contributed by atoms with E-state index in [9.17, 15) is 24.9 Å². The minimum atomic E-state index is -1.19. The van der Waals surface area contributed by atoms with Crippen LogP contribution in [0.3, 0.4) is 0 Å². The summed E-state index contributed by atoms with van der Waals surface area (Å²) in [5.74, 6) is 1.72. The fourth-order valence-corrected chi connectivity index (χ4v) is 10.1. The molecule has 12 atom stereocenters. The Labute approximate surface area is 235 Å². The molecular weight excluding hydrogens is 496 g/mol. The summed E-state index contributed by atoms with van der Waals surface area (Å²) in [5, 5.41) is 33.4. The van der Waals surface area contributed by atoms with Gasteiger partial charge in [-0.3, -0.25) is 9.59 Å². The van der Waals surface area contributed by atoms with Crippen molar-refractivity contribution in [2.75, 3.05) is 6.61 Å². The van der Waals surface area contributed by atoms with Gasteiger partial charge in [0, 0.05) is 25.7 Å². The second kappa shape index (κ2) is 10.9. The lowest BCUT2D eigenvalue weighted by molar-refractivity contribution is -0.264. The highest BCUT2D eigenvalue weighted by Gasteiger charge is 2.67. The lowest BCUT2D eigenvalue weighted by atomic mass is 9.42. The number of aliphatic hydroxyl groups excluding tert-OH is 2. The van der Waals surface area contributed by atoms with Crippen molar-refractivity contribution in [2.45, 2.75) is 136 Å². The number of fused-ring (bicyclic) bond motifs is 5. The van der Waals surface area contributed by atoms with Crippen LogP contribution in [0.2, 0.25) is 0 Å². The maximum atomic E-state index is 11.8. The predicted octanol–water partition coefficient (Wildman–Crippen LogP) is 5.03. The van der Waals surface area contributed by atoms with Crippen LogP contribution < -0.4 is 0 Å². The van der Waals surface area contributed by atoms with Gasteiger partial charge >= 0.3 is 11.9 Å². The fourth-order valence-electron chi connectivity index (χ4n) is 10.1. The summed E-state index contributed by atoms with van der Waals surface area (Å²) < 4.78 is 10.9. The molecule has 0 heterocycles. The molecule has 0 spiro atoms. The Bertz CT molecular complexity index is 922. The molecule has 0 aromatic heterocycles. The van der Waals surface area contributed by atoms with E-state index in [0.29, 0.717) is 42.4 Å². The Kier molecular flexibility index (Phi) is 8.60. The van der Waals surface area contributed by atoms with Gasteiger partial charge in [0.2, 0.25) is 0 Å². The van der Waals surface area contributed by atoms with Crippen molar-refractivity contribution >= 4 is 11.9 Å². The van der Waals surface area contributed by atoms with E-state index in [0.717, 1.165) is 32.1 Å². The molecule has 4 aliphatic carbocycles. The van der Waals surface area contributed by atoms with Gasteiger partial charge in [-0.15, -0.1) is 0 Å². The van der Waals surface area contributed by atoms with E-state index in [-0.39, 0.29) is 41.7 Å². The second-order valence-electron chi connectivity index (χ2n) is 14.7. The van der Waals surface area contributed by atoms with Gasteiger partial charge in [0.1, 0.15) is 12.2 Å². The molecule has 4 rings (SSSR count). The van der Waals surface area contributed by atoms with E-state index in [4.69, 9.17) is 9.47 Å². The molecule has 3 N–H and O–H groups in total. The monoisotopic (exact) mass is 550 g/mol. The standard InChI is InChI=1S/C32H54O7/c1-19(8-9-20(2)31(7,39-22(4)34)18-38-21(3)33)25-10-11-26-24-16-28(36)32(37)17-23(35)12-15-30(32,6)27(24)13-14-29(25,26)5/h19-20,23-28,35-37H,8-18H2,1-7H3. The van der Waals surface area contributed by atoms with Gasteiger partial charge in [-0.2, -0.15) is 0 Å². The van der Waals surface area contributed by atoms with Crippen molar-refractivity contribution in [3.63, 3.8) is 0 Å². The van der Waals surface area contributed by atoms with Crippen LogP contribution in [-0.4, -0.2) is 57.3 Å². The molecule has 224 valence electrons. The molecule has 12 unspecified atom stereocenters. The zero-order chi connectivity index (χ0) is 29.0. The lowest BCUT2D eigenvalue weighted by Crippen LogP contribution is -2.68. The van der Waals surface area contributed by atoms with Crippen LogP contribution in [0.5, 0.6) is 0 Å². The second-order valence-corrected chi connectivity index (χ2v) is 14.7. The molecule has 0 bridgehead atoms. The molecule has 0 aromatic carbocycles. The highest BCUT2D eigenvalue weighted by Crippen LogP contribution is 2.69. The largest absolute Gasteiger partial charge is 0.462 e. The van der Waals surface area contributed by atoms with Crippen LogP contribution in [0.4, 0.5) is 0 Å². The number of hydrogen-bond donors (Lipinski definition) is 3. The number of carbonyl (C=O) groups is 2. The summed E-state index contributed by atoms with van der Waals surface area (Å²) in [6.07, 6.45) is 7.56. The van der Waals surface area contributed by atoms with Gasteiger partial charge in [-0.1, -0.05) is 34.1 Å².